The number of carbonyl (C=O) groups is 1. The average molecular weight is 676 g/mol. The van der Waals surface area contributed by atoms with Gasteiger partial charge in [0.2, 0.25) is 0 Å². The van der Waals surface area contributed by atoms with E-state index in [9.17, 15) is 4.79 Å². The molecule has 0 aromatic heterocycles. The molecule has 0 radical (unpaired) electrons. The lowest BCUT2D eigenvalue weighted by molar-refractivity contribution is -0.141. The van der Waals surface area contributed by atoms with Crippen LogP contribution in [0.15, 0.2) is 27.1 Å². The topological polar surface area (TPSA) is 91.1 Å². The largest absolute Gasteiger partial charge is 0.469 e. The summed E-state index contributed by atoms with van der Waals surface area (Å²) in [6, 6.07) is 0. The summed E-state index contributed by atoms with van der Waals surface area (Å²) in [4.78, 5) is 12.1. The standard InChI is InChI=1S/C34H61N3O5Si3/c1-23(14-17-31(38)39-4)26-15-16-27-32-28(22-30(34(26,27)3)37-42-45(11,12)13)33(2)19-18-25(35-40-43(5,6)7)20-24(33)21-29(32)36-41-44(8,9)10/h20,23,26-28,32H,14-19,21-22H2,1-13H3. The average Bonchev–Trinajstić information content (AvgIpc) is 3.28. The Kier molecular flexibility index (Phi) is 10.5. The number of nitrogens with zero attached hydrogens (tertiary/aromatic N) is 3. The number of esters is 1. The second kappa shape index (κ2) is 13.1. The lowest BCUT2D eigenvalue weighted by atomic mass is 9.45. The summed E-state index contributed by atoms with van der Waals surface area (Å²) in [5, 5.41) is 14.8. The van der Waals surface area contributed by atoms with Crippen LogP contribution in [-0.4, -0.2) is 55.2 Å². The fourth-order valence-corrected chi connectivity index (χ4v) is 9.69. The monoisotopic (exact) mass is 675 g/mol. The van der Waals surface area contributed by atoms with Gasteiger partial charge in [0, 0.05) is 24.2 Å². The quantitative estimate of drug-likeness (QED) is 0.131. The summed E-state index contributed by atoms with van der Waals surface area (Å²) < 4.78 is 23.8. The molecule has 0 aromatic rings. The number of methoxy groups -OCH3 is 1. The summed E-state index contributed by atoms with van der Waals surface area (Å²) in [5.41, 5.74) is 4.74. The Balaban J connectivity index is 1.82. The predicted octanol–water partition coefficient (Wildman–Crippen LogP) is 9.00. The molecule has 11 heteroatoms. The first-order chi connectivity index (χ1) is 20.7. The van der Waals surface area contributed by atoms with E-state index >= 15 is 0 Å². The van der Waals surface area contributed by atoms with Gasteiger partial charge in [-0.15, -0.1) is 15.5 Å². The van der Waals surface area contributed by atoms with Crippen LogP contribution in [0.1, 0.15) is 72.1 Å². The second-order valence-corrected chi connectivity index (χ2v) is 30.8. The van der Waals surface area contributed by atoms with Gasteiger partial charge < -0.3 is 18.3 Å². The minimum absolute atomic E-state index is 0.0108. The third kappa shape index (κ3) is 8.05. The summed E-state index contributed by atoms with van der Waals surface area (Å²) in [7, 11) is -4.09. The van der Waals surface area contributed by atoms with Crippen LogP contribution in [0.4, 0.5) is 0 Å². The fourth-order valence-electron chi connectivity index (χ4n) is 8.52. The third-order valence-corrected chi connectivity index (χ3v) is 12.7. The van der Waals surface area contributed by atoms with Gasteiger partial charge in [0.05, 0.1) is 24.2 Å². The van der Waals surface area contributed by atoms with E-state index in [1.165, 1.54) is 24.1 Å². The van der Waals surface area contributed by atoms with Crippen LogP contribution < -0.4 is 0 Å². The van der Waals surface area contributed by atoms with Crippen molar-refractivity contribution in [2.24, 2.45) is 55.9 Å². The number of allylic oxidation sites excluding steroid dienone is 2. The molecule has 254 valence electrons. The maximum atomic E-state index is 12.1. The highest BCUT2D eigenvalue weighted by molar-refractivity contribution is 6.70. The van der Waals surface area contributed by atoms with Crippen molar-refractivity contribution >= 4 is 48.1 Å². The molecule has 45 heavy (non-hydrogen) atoms. The maximum Gasteiger partial charge on any atom is 0.305 e. The Morgan fingerprint density at radius 3 is 2.11 bits per heavy atom. The highest BCUT2D eigenvalue weighted by Gasteiger charge is 2.64. The first-order valence-electron chi connectivity index (χ1n) is 17.2. The second-order valence-electron chi connectivity index (χ2n) is 17.6. The number of ether oxygens (including phenoxy) is 1. The molecule has 0 heterocycles. The van der Waals surface area contributed by atoms with E-state index in [0.29, 0.717) is 36.0 Å². The van der Waals surface area contributed by atoms with E-state index in [0.717, 1.165) is 50.7 Å². The minimum Gasteiger partial charge on any atom is -0.469 e. The van der Waals surface area contributed by atoms with Gasteiger partial charge in [-0.2, -0.15) is 0 Å². The maximum absolute atomic E-state index is 12.1. The van der Waals surface area contributed by atoms with Gasteiger partial charge in [0.1, 0.15) is 0 Å². The van der Waals surface area contributed by atoms with Gasteiger partial charge in [-0.25, -0.2) is 0 Å². The van der Waals surface area contributed by atoms with Crippen LogP contribution >= 0.6 is 0 Å². The van der Waals surface area contributed by atoms with Crippen LogP contribution in [0.5, 0.6) is 0 Å². The zero-order valence-corrected chi connectivity index (χ0v) is 33.5. The third-order valence-electron chi connectivity index (χ3n) is 10.8. The van der Waals surface area contributed by atoms with Crippen LogP contribution in [0.3, 0.4) is 0 Å². The number of hydrogen-bond donors (Lipinski definition) is 0. The van der Waals surface area contributed by atoms with Gasteiger partial charge in [0.15, 0.2) is 0 Å². The highest BCUT2D eigenvalue weighted by Crippen LogP contribution is 2.66. The molecular formula is C34H61N3O5Si3. The van der Waals surface area contributed by atoms with Crippen molar-refractivity contribution in [2.75, 3.05) is 7.11 Å². The molecule has 0 saturated heterocycles. The first-order valence-corrected chi connectivity index (χ1v) is 27.4. The van der Waals surface area contributed by atoms with Crippen molar-refractivity contribution in [3.63, 3.8) is 0 Å². The SMILES string of the molecule is COC(=O)CCC(C)C1CCC2C3C(=NO[Si](C)(C)C)CC4=CC(=NO[Si](C)(C)C)CCC4(C)C3CC(=NO[Si](C)(C)C)C12C. The zero-order chi connectivity index (χ0) is 33.6. The number of carbonyl (C=O) groups excluding carboxylic acids is 1. The number of fused-ring (bicyclic) bond motifs is 5. The summed E-state index contributed by atoms with van der Waals surface area (Å²) in [6.45, 7) is 27.0. The lowest BCUT2D eigenvalue weighted by Crippen LogP contribution is -2.58. The van der Waals surface area contributed by atoms with Crippen molar-refractivity contribution in [1.29, 1.82) is 0 Å². The molecule has 4 rings (SSSR count). The number of rotatable bonds is 10. The summed E-state index contributed by atoms with van der Waals surface area (Å²) in [6.07, 6.45) is 9.49. The van der Waals surface area contributed by atoms with Crippen molar-refractivity contribution in [3.05, 3.63) is 11.6 Å². The Bertz CT molecular complexity index is 1240. The van der Waals surface area contributed by atoms with Crippen molar-refractivity contribution in [1.82, 2.24) is 0 Å². The first kappa shape index (κ1) is 36.1. The molecule has 4 aliphatic rings. The van der Waals surface area contributed by atoms with Gasteiger partial charge in [-0.3, -0.25) is 4.79 Å². The molecule has 0 N–H and O–H groups in total. The van der Waals surface area contributed by atoms with Crippen LogP contribution in [0.25, 0.3) is 0 Å². The predicted molar refractivity (Wildman–Crippen MR) is 192 cm³/mol. The van der Waals surface area contributed by atoms with Crippen molar-refractivity contribution < 1.29 is 23.1 Å². The molecule has 4 aliphatic carbocycles. The molecule has 0 aromatic carbocycles. The molecule has 0 spiro atoms. The van der Waals surface area contributed by atoms with E-state index < -0.39 is 25.0 Å². The minimum atomic E-state index is -1.91. The van der Waals surface area contributed by atoms with Gasteiger partial charge >= 0.3 is 5.97 Å². The molecule has 0 bridgehead atoms. The lowest BCUT2D eigenvalue weighted by Gasteiger charge is -2.58. The molecule has 0 aliphatic heterocycles. The Labute approximate surface area is 276 Å². The molecule has 8 nitrogen and oxygen atoms in total. The Morgan fingerprint density at radius 2 is 1.51 bits per heavy atom. The molecule has 3 fully saturated rings. The smallest absolute Gasteiger partial charge is 0.305 e. The molecular weight excluding hydrogens is 615 g/mol. The number of oxime groups is 3. The van der Waals surface area contributed by atoms with Gasteiger partial charge in [-0.05, 0) is 133 Å². The van der Waals surface area contributed by atoms with Gasteiger partial charge in [-0.1, -0.05) is 26.3 Å². The van der Waals surface area contributed by atoms with E-state index in [2.05, 4.69) is 90.9 Å². The van der Waals surface area contributed by atoms with E-state index in [1.807, 2.05) is 0 Å². The molecule has 7 atom stereocenters. The van der Waals surface area contributed by atoms with Crippen LogP contribution in [-0.2, 0) is 23.1 Å². The van der Waals surface area contributed by atoms with Crippen molar-refractivity contribution in [3.8, 4) is 0 Å². The number of hydrogen-bond acceptors (Lipinski definition) is 8. The van der Waals surface area contributed by atoms with Crippen LogP contribution in [0, 0.1) is 40.4 Å². The molecule has 7 unspecified atom stereocenters. The van der Waals surface area contributed by atoms with Crippen molar-refractivity contribution in [2.45, 2.75) is 131 Å². The summed E-state index contributed by atoms with van der Waals surface area (Å²) in [5.74, 6) is 1.69. The van der Waals surface area contributed by atoms with E-state index in [4.69, 9.17) is 28.6 Å². The highest BCUT2D eigenvalue weighted by atomic mass is 28.4. The molecule has 0 amide bonds. The van der Waals surface area contributed by atoms with E-state index in [-0.39, 0.29) is 16.8 Å². The zero-order valence-electron chi connectivity index (χ0n) is 30.5. The Hall–Kier alpha value is -1.73. The van der Waals surface area contributed by atoms with Gasteiger partial charge in [0.25, 0.3) is 25.0 Å². The summed E-state index contributed by atoms with van der Waals surface area (Å²) >= 11 is 0. The molecule has 3 saturated carbocycles. The fraction of sp³-hybridized carbons (Fsp3) is 0.824. The van der Waals surface area contributed by atoms with E-state index in [1.54, 1.807) is 0 Å². The van der Waals surface area contributed by atoms with Crippen LogP contribution in [0.2, 0.25) is 58.9 Å². The normalized spacial score (nSPS) is 35.3. The Morgan fingerprint density at radius 1 is 0.911 bits per heavy atom.